The molecule has 0 bridgehead atoms. The van der Waals surface area contributed by atoms with Gasteiger partial charge in [0.1, 0.15) is 0 Å². The van der Waals surface area contributed by atoms with E-state index in [2.05, 4.69) is 61.3 Å². The zero-order valence-electron chi connectivity index (χ0n) is 13.3. The Hall–Kier alpha value is -0.860. The highest BCUT2D eigenvalue weighted by molar-refractivity contribution is 5.18. The van der Waals surface area contributed by atoms with Crippen molar-refractivity contribution < 1.29 is 0 Å². The molecular weight excluding hydrogens is 244 g/mol. The van der Waals surface area contributed by atoms with Gasteiger partial charge >= 0.3 is 0 Å². The summed E-state index contributed by atoms with van der Waals surface area (Å²) in [5, 5.41) is 3.64. The Bertz CT molecular complexity index is 376. The van der Waals surface area contributed by atoms with Crippen LogP contribution in [0.25, 0.3) is 0 Å². The van der Waals surface area contributed by atoms with E-state index in [0.29, 0.717) is 6.04 Å². The first-order chi connectivity index (χ1) is 9.70. The molecule has 1 saturated heterocycles. The third kappa shape index (κ3) is 4.32. The molecular formula is C18H30N2. The summed E-state index contributed by atoms with van der Waals surface area (Å²) < 4.78 is 0. The van der Waals surface area contributed by atoms with Crippen LogP contribution in [0.5, 0.6) is 0 Å². The fraction of sp³-hybridized carbons (Fsp3) is 0.667. The molecule has 2 rings (SSSR count). The molecule has 1 aliphatic heterocycles. The van der Waals surface area contributed by atoms with Crippen LogP contribution in [-0.4, -0.2) is 30.6 Å². The predicted molar refractivity (Wildman–Crippen MR) is 86.9 cm³/mol. The van der Waals surface area contributed by atoms with Crippen LogP contribution >= 0.6 is 0 Å². The maximum Gasteiger partial charge on any atom is 0.0332 e. The second kappa shape index (κ2) is 7.80. The SMILES string of the molecule is CCNC(CCN1CCC(C)CC1C)c1ccccc1. The highest BCUT2D eigenvalue weighted by Gasteiger charge is 2.23. The molecule has 0 radical (unpaired) electrons. The highest BCUT2D eigenvalue weighted by Crippen LogP contribution is 2.24. The van der Waals surface area contributed by atoms with E-state index in [0.717, 1.165) is 18.5 Å². The number of hydrogen-bond acceptors (Lipinski definition) is 2. The third-order valence-corrected chi connectivity index (χ3v) is 4.63. The summed E-state index contributed by atoms with van der Waals surface area (Å²) >= 11 is 0. The van der Waals surface area contributed by atoms with Gasteiger partial charge in [0.05, 0.1) is 0 Å². The monoisotopic (exact) mass is 274 g/mol. The van der Waals surface area contributed by atoms with E-state index in [1.807, 2.05) is 0 Å². The maximum absolute atomic E-state index is 3.64. The lowest BCUT2D eigenvalue weighted by atomic mass is 9.93. The summed E-state index contributed by atoms with van der Waals surface area (Å²) in [4.78, 5) is 2.67. The molecule has 1 fully saturated rings. The van der Waals surface area contributed by atoms with Gasteiger partial charge in [-0.1, -0.05) is 44.2 Å². The number of rotatable bonds is 6. The van der Waals surface area contributed by atoms with Crippen molar-refractivity contribution in [1.82, 2.24) is 10.2 Å². The first-order valence-electron chi connectivity index (χ1n) is 8.23. The smallest absolute Gasteiger partial charge is 0.0332 e. The molecule has 112 valence electrons. The van der Waals surface area contributed by atoms with Gasteiger partial charge < -0.3 is 10.2 Å². The van der Waals surface area contributed by atoms with Gasteiger partial charge in [0.15, 0.2) is 0 Å². The molecule has 0 saturated carbocycles. The Morgan fingerprint density at radius 1 is 1.25 bits per heavy atom. The average molecular weight is 274 g/mol. The Labute approximate surface area is 124 Å². The molecule has 1 N–H and O–H groups in total. The Kier molecular flexibility index (Phi) is 6.06. The van der Waals surface area contributed by atoms with Gasteiger partial charge in [-0.05, 0) is 50.8 Å². The van der Waals surface area contributed by atoms with Crippen molar-refractivity contribution in [3.63, 3.8) is 0 Å². The molecule has 1 aromatic carbocycles. The summed E-state index contributed by atoms with van der Waals surface area (Å²) in [6, 6.07) is 12.1. The van der Waals surface area contributed by atoms with Gasteiger partial charge in [0, 0.05) is 18.6 Å². The summed E-state index contributed by atoms with van der Waals surface area (Å²) in [7, 11) is 0. The third-order valence-electron chi connectivity index (χ3n) is 4.63. The molecule has 3 unspecified atom stereocenters. The van der Waals surface area contributed by atoms with Gasteiger partial charge in [-0.2, -0.15) is 0 Å². The Morgan fingerprint density at radius 2 is 2.00 bits per heavy atom. The average Bonchev–Trinajstić information content (AvgIpc) is 2.46. The van der Waals surface area contributed by atoms with Gasteiger partial charge in [0.2, 0.25) is 0 Å². The van der Waals surface area contributed by atoms with Crippen molar-refractivity contribution in [2.24, 2.45) is 5.92 Å². The van der Waals surface area contributed by atoms with Crippen molar-refractivity contribution in [3.8, 4) is 0 Å². The normalized spacial score (nSPS) is 25.6. The van der Waals surface area contributed by atoms with Gasteiger partial charge in [0.25, 0.3) is 0 Å². The van der Waals surface area contributed by atoms with E-state index in [1.165, 1.54) is 37.9 Å². The van der Waals surface area contributed by atoms with E-state index < -0.39 is 0 Å². The standard InChI is InChI=1S/C18H30N2/c1-4-19-18(17-8-6-5-7-9-17)11-13-20-12-10-15(2)14-16(20)3/h5-9,15-16,18-19H,4,10-14H2,1-3H3. The summed E-state index contributed by atoms with van der Waals surface area (Å²) in [6.07, 6.45) is 3.93. The second-order valence-corrected chi connectivity index (χ2v) is 6.32. The molecule has 1 heterocycles. The number of nitrogens with zero attached hydrogens (tertiary/aromatic N) is 1. The van der Waals surface area contributed by atoms with Crippen molar-refractivity contribution in [3.05, 3.63) is 35.9 Å². The Morgan fingerprint density at radius 3 is 2.65 bits per heavy atom. The molecule has 1 aliphatic rings. The molecule has 2 nitrogen and oxygen atoms in total. The lowest BCUT2D eigenvalue weighted by molar-refractivity contribution is 0.124. The number of piperidine rings is 1. The van der Waals surface area contributed by atoms with Crippen molar-refractivity contribution >= 4 is 0 Å². The zero-order valence-corrected chi connectivity index (χ0v) is 13.3. The van der Waals surface area contributed by atoms with Crippen LogP contribution in [0, 0.1) is 5.92 Å². The summed E-state index contributed by atoms with van der Waals surface area (Å²) in [5.74, 6) is 0.903. The van der Waals surface area contributed by atoms with Crippen LogP contribution in [0.1, 0.15) is 51.6 Å². The number of likely N-dealkylation sites (tertiary alicyclic amines) is 1. The van der Waals surface area contributed by atoms with E-state index in [4.69, 9.17) is 0 Å². The lowest BCUT2D eigenvalue weighted by Gasteiger charge is -2.37. The number of benzene rings is 1. The van der Waals surface area contributed by atoms with E-state index in [9.17, 15) is 0 Å². The van der Waals surface area contributed by atoms with Crippen molar-refractivity contribution in [2.45, 2.75) is 52.1 Å². The van der Waals surface area contributed by atoms with Crippen LogP contribution in [0.15, 0.2) is 30.3 Å². The first kappa shape index (κ1) is 15.5. The number of nitrogens with one attached hydrogen (secondary N) is 1. The second-order valence-electron chi connectivity index (χ2n) is 6.32. The highest BCUT2D eigenvalue weighted by atomic mass is 15.2. The topological polar surface area (TPSA) is 15.3 Å². The minimum absolute atomic E-state index is 0.493. The summed E-state index contributed by atoms with van der Waals surface area (Å²) in [6.45, 7) is 10.5. The van der Waals surface area contributed by atoms with E-state index >= 15 is 0 Å². The van der Waals surface area contributed by atoms with Crippen molar-refractivity contribution in [1.29, 1.82) is 0 Å². The largest absolute Gasteiger partial charge is 0.310 e. The van der Waals surface area contributed by atoms with Gasteiger partial charge in [-0.3, -0.25) is 0 Å². The summed E-state index contributed by atoms with van der Waals surface area (Å²) in [5.41, 5.74) is 1.42. The van der Waals surface area contributed by atoms with Crippen LogP contribution < -0.4 is 5.32 Å². The van der Waals surface area contributed by atoms with E-state index in [1.54, 1.807) is 0 Å². The zero-order chi connectivity index (χ0) is 14.4. The fourth-order valence-electron chi connectivity index (χ4n) is 3.40. The van der Waals surface area contributed by atoms with Crippen LogP contribution in [-0.2, 0) is 0 Å². The van der Waals surface area contributed by atoms with Crippen molar-refractivity contribution in [2.75, 3.05) is 19.6 Å². The Balaban J connectivity index is 1.89. The molecule has 0 aliphatic carbocycles. The molecule has 0 amide bonds. The molecule has 3 atom stereocenters. The fourth-order valence-corrected chi connectivity index (χ4v) is 3.40. The minimum Gasteiger partial charge on any atom is -0.310 e. The van der Waals surface area contributed by atoms with E-state index in [-0.39, 0.29) is 0 Å². The quantitative estimate of drug-likeness (QED) is 0.847. The van der Waals surface area contributed by atoms with Crippen LogP contribution in [0.3, 0.4) is 0 Å². The molecule has 0 aromatic heterocycles. The first-order valence-corrected chi connectivity index (χ1v) is 8.23. The molecule has 20 heavy (non-hydrogen) atoms. The maximum atomic E-state index is 3.64. The lowest BCUT2D eigenvalue weighted by Crippen LogP contribution is -2.41. The van der Waals surface area contributed by atoms with Crippen LogP contribution in [0.4, 0.5) is 0 Å². The van der Waals surface area contributed by atoms with Gasteiger partial charge in [-0.15, -0.1) is 0 Å². The van der Waals surface area contributed by atoms with Crippen LogP contribution in [0.2, 0.25) is 0 Å². The molecule has 0 spiro atoms. The molecule has 2 heteroatoms. The van der Waals surface area contributed by atoms with Gasteiger partial charge in [-0.25, -0.2) is 0 Å². The number of hydrogen-bond donors (Lipinski definition) is 1. The molecule has 1 aromatic rings. The minimum atomic E-state index is 0.493. The predicted octanol–water partition coefficient (Wildman–Crippen LogP) is 3.85.